The number of halogens is 9. The zero-order valence-corrected chi connectivity index (χ0v) is 11.8. The summed E-state index contributed by atoms with van der Waals surface area (Å²) in [5.74, 6) is -5.15. The molecule has 19 heavy (non-hydrogen) atoms. The van der Waals surface area contributed by atoms with Gasteiger partial charge in [-0.3, -0.25) is 0 Å². The molecule has 1 atom stereocenters. The number of hydrogen-bond donors (Lipinski definition) is 1. The normalized spacial score (nSPS) is 13.9. The number of hydrogen-bond acceptors (Lipinski definition) is 1. The van der Waals surface area contributed by atoms with E-state index < -0.39 is 28.7 Å². The van der Waals surface area contributed by atoms with Gasteiger partial charge >= 0.3 is 12.1 Å². The van der Waals surface area contributed by atoms with E-state index in [1.807, 2.05) is 0 Å². The lowest BCUT2D eigenvalue weighted by atomic mass is 10.0. The lowest BCUT2D eigenvalue weighted by molar-refractivity contribution is -0.290. The van der Waals surface area contributed by atoms with Crippen LogP contribution in [0.5, 0.6) is 0 Å². The molecule has 0 radical (unpaired) electrons. The van der Waals surface area contributed by atoms with Gasteiger partial charge in [0.05, 0.1) is 10.0 Å². The van der Waals surface area contributed by atoms with Crippen molar-refractivity contribution in [3.05, 3.63) is 32.8 Å². The molecule has 0 fully saturated rings. The van der Waals surface area contributed by atoms with Gasteiger partial charge in [0.15, 0.2) is 0 Å². The fourth-order valence-electron chi connectivity index (χ4n) is 1.17. The van der Waals surface area contributed by atoms with Gasteiger partial charge in [0.2, 0.25) is 0 Å². The van der Waals surface area contributed by atoms with Crippen LogP contribution in [-0.4, -0.2) is 12.1 Å². The quantitative estimate of drug-likeness (QED) is 0.561. The summed E-state index contributed by atoms with van der Waals surface area (Å²) in [5.41, 5.74) is 4.26. The molecule has 0 aliphatic carbocycles. The molecule has 0 heterocycles. The van der Waals surface area contributed by atoms with Gasteiger partial charge in [-0.15, -0.1) is 12.4 Å². The largest absolute Gasteiger partial charge is 0.455 e. The molecule has 0 unspecified atom stereocenters. The summed E-state index contributed by atoms with van der Waals surface area (Å²) < 4.78 is 62.6. The van der Waals surface area contributed by atoms with Crippen LogP contribution in [0.15, 0.2) is 12.1 Å². The monoisotopic (exact) mass is 363 g/mol. The Morgan fingerprint density at radius 1 is 1.00 bits per heavy atom. The molecule has 0 aromatic heterocycles. The van der Waals surface area contributed by atoms with Crippen LogP contribution in [0.3, 0.4) is 0 Å². The van der Waals surface area contributed by atoms with E-state index in [1.54, 1.807) is 0 Å². The smallest absolute Gasteiger partial charge is 0.319 e. The van der Waals surface area contributed by atoms with E-state index in [2.05, 4.69) is 0 Å². The Morgan fingerprint density at radius 3 is 1.89 bits per heavy atom. The van der Waals surface area contributed by atoms with E-state index in [9.17, 15) is 22.0 Å². The van der Waals surface area contributed by atoms with E-state index in [1.165, 1.54) is 0 Å². The number of rotatable bonds is 2. The molecule has 2 N–H and O–H groups in total. The predicted molar refractivity (Wildman–Crippen MR) is 66.7 cm³/mol. The van der Waals surface area contributed by atoms with Crippen molar-refractivity contribution in [3.63, 3.8) is 0 Å². The minimum Gasteiger partial charge on any atom is -0.319 e. The Hall–Kier alpha value is -0.0100. The van der Waals surface area contributed by atoms with Crippen molar-refractivity contribution in [2.75, 3.05) is 0 Å². The maximum Gasteiger partial charge on any atom is 0.455 e. The molecule has 0 bridgehead atoms. The highest BCUT2D eigenvalue weighted by Gasteiger charge is 2.62. The maximum absolute atomic E-state index is 13.1. The second-order valence-corrected chi connectivity index (χ2v) is 4.61. The van der Waals surface area contributed by atoms with Gasteiger partial charge in [-0.05, 0) is 17.7 Å². The van der Waals surface area contributed by atoms with E-state index in [0.717, 1.165) is 12.1 Å². The van der Waals surface area contributed by atoms with Crippen LogP contribution < -0.4 is 5.73 Å². The van der Waals surface area contributed by atoms with Gasteiger partial charge in [-0.1, -0.05) is 34.8 Å². The molecule has 0 aliphatic rings. The van der Waals surface area contributed by atoms with Crippen LogP contribution in [-0.2, 0) is 0 Å². The molecule has 0 amide bonds. The first-order valence-electron chi connectivity index (χ1n) is 4.33. The molecular formula is C9H6Cl4F5N. The zero-order valence-electron chi connectivity index (χ0n) is 8.74. The first-order valence-corrected chi connectivity index (χ1v) is 5.46. The van der Waals surface area contributed by atoms with Crippen LogP contribution >= 0.6 is 47.2 Å². The second kappa shape index (κ2) is 6.18. The topological polar surface area (TPSA) is 26.0 Å². The molecule has 1 nitrogen and oxygen atoms in total. The minimum atomic E-state index is -5.80. The summed E-state index contributed by atoms with van der Waals surface area (Å²) in [6, 6.07) is -0.769. The van der Waals surface area contributed by atoms with Crippen molar-refractivity contribution in [1.82, 2.24) is 0 Å². The first-order chi connectivity index (χ1) is 7.98. The summed E-state index contributed by atoms with van der Waals surface area (Å²) in [6.07, 6.45) is -5.80. The molecule has 1 rings (SSSR count). The van der Waals surface area contributed by atoms with E-state index >= 15 is 0 Å². The summed E-state index contributed by atoms with van der Waals surface area (Å²) in [7, 11) is 0. The Kier molecular flexibility index (Phi) is 6.18. The molecule has 110 valence electrons. The first kappa shape index (κ1) is 19.0. The van der Waals surface area contributed by atoms with Gasteiger partial charge in [-0.2, -0.15) is 22.0 Å². The van der Waals surface area contributed by atoms with Crippen LogP contribution in [0.4, 0.5) is 22.0 Å². The number of benzene rings is 1. The molecule has 10 heteroatoms. The highest BCUT2D eigenvalue weighted by molar-refractivity contribution is 6.43. The van der Waals surface area contributed by atoms with Crippen molar-refractivity contribution in [1.29, 1.82) is 0 Å². The van der Waals surface area contributed by atoms with E-state index in [4.69, 9.17) is 40.5 Å². The molecule has 0 aliphatic heterocycles. The third-order valence-corrected chi connectivity index (χ3v) is 3.16. The Labute approximate surface area is 126 Å². The van der Waals surface area contributed by atoms with Crippen molar-refractivity contribution in [3.8, 4) is 0 Å². The molecule has 0 saturated carbocycles. The van der Waals surface area contributed by atoms with Crippen LogP contribution in [0.1, 0.15) is 11.6 Å². The van der Waals surface area contributed by atoms with Gasteiger partial charge in [0.1, 0.15) is 6.04 Å². The van der Waals surface area contributed by atoms with Gasteiger partial charge < -0.3 is 5.73 Å². The van der Waals surface area contributed by atoms with Crippen molar-refractivity contribution >= 4 is 47.2 Å². The minimum absolute atomic E-state index is 0. The van der Waals surface area contributed by atoms with Crippen molar-refractivity contribution in [2.24, 2.45) is 5.73 Å². The van der Waals surface area contributed by atoms with Crippen LogP contribution in [0, 0.1) is 0 Å². The van der Waals surface area contributed by atoms with E-state index in [0.29, 0.717) is 0 Å². The summed E-state index contributed by atoms with van der Waals surface area (Å²) in [4.78, 5) is 0. The Morgan fingerprint density at radius 2 is 1.47 bits per heavy atom. The summed E-state index contributed by atoms with van der Waals surface area (Å²) in [6.45, 7) is 0. The summed E-state index contributed by atoms with van der Waals surface area (Å²) in [5, 5.41) is -0.891. The van der Waals surface area contributed by atoms with Crippen molar-refractivity contribution < 1.29 is 22.0 Å². The van der Waals surface area contributed by atoms with Gasteiger partial charge in [0, 0.05) is 5.02 Å². The molecular weight excluding hydrogens is 359 g/mol. The molecule has 1 aromatic carbocycles. The SMILES string of the molecule is Cl.N[C@@H](c1cc(Cl)cc(Cl)c1Cl)C(F)(F)C(F)(F)F. The Balaban J connectivity index is 0.00000324. The van der Waals surface area contributed by atoms with Crippen LogP contribution in [0.2, 0.25) is 15.1 Å². The fraction of sp³-hybridized carbons (Fsp3) is 0.333. The van der Waals surface area contributed by atoms with Gasteiger partial charge in [0.25, 0.3) is 0 Å². The molecule has 0 saturated heterocycles. The predicted octanol–water partition coefficient (Wildman–Crippen LogP) is 5.27. The second-order valence-electron chi connectivity index (χ2n) is 3.39. The van der Waals surface area contributed by atoms with Crippen LogP contribution in [0.25, 0.3) is 0 Å². The molecule has 0 spiro atoms. The molecule has 1 aromatic rings. The third kappa shape index (κ3) is 3.76. The highest BCUT2D eigenvalue weighted by Crippen LogP contribution is 2.46. The number of alkyl halides is 5. The maximum atomic E-state index is 13.1. The third-order valence-electron chi connectivity index (χ3n) is 2.12. The number of nitrogens with two attached hydrogens (primary N) is 1. The lowest BCUT2D eigenvalue weighted by Gasteiger charge is -2.26. The van der Waals surface area contributed by atoms with Gasteiger partial charge in [-0.25, -0.2) is 0 Å². The fourth-order valence-corrected chi connectivity index (χ4v) is 1.91. The average molecular weight is 365 g/mol. The zero-order chi connectivity index (χ0) is 14.3. The Bertz CT molecular complexity index is 463. The standard InChI is InChI=1S/C9H5Cl3F5N.ClH/c10-3-1-4(6(12)5(11)2-3)7(18)8(13,14)9(15,16)17;/h1-2,7H,18H2;1H/t7-;/m0./s1. The average Bonchev–Trinajstić information content (AvgIpc) is 2.20. The highest BCUT2D eigenvalue weighted by atomic mass is 35.5. The summed E-state index contributed by atoms with van der Waals surface area (Å²) >= 11 is 16.6. The van der Waals surface area contributed by atoms with E-state index in [-0.39, 0.29) is 22.5 Å². The van der Waals surface area contributed by atoms with Crippen molar-refractivity contribution in [2.45, 2.75) is 18.1 Å². The lowest BCUT2D eigenvalue weighted by Crippen LogP contribution is -2.46.